The Morgan fingerprint density at radius 3 is 2.90 bits per heavy atom. The first-order valence-electron chi connectivity index (χ1n) is 9.54. The lowest BCUT2D eigenvalue weighted by atomic mass is 10.2. The highest BCUT2D eigenvalue weighted by atomic mass is 16.5. The Labute approximate surface area is 167 Å². The maximum Gasteiger partial charge on any atom is 0.226 e. The Kier molecular flexibility index (Phi) is 4.50. The Morgan fingerprint density at radius 1 is 1.14 bits per heavy atom. The number of aromatic amines is 1. The first kappa shape index (κ1) is 17.5. The van der Waals surface area contributed by atoms with E-state index in [-0.39, 0.29) is 11.5 Å². The van der Waals surface area contributed by atoms with Crippen LogP contribution >= 0.6 is 0 Å². The van der Waals surface area contributed by atoms with E-state index in [1.807, 2.05) is 36.5 Å². The molecule has 7 heteroatoms. The van der Waals surface area contributed by atoms with E-state index in [0.29, 0.717) is 19.1 Å². The highest BCUT2D eigenvalue weighted by Gasteiger charge is 2.23. The molecule has 0 atom stereocenters. The molecule has 0 amide bonds. The SMILES string of the molecule is O=C1C=C(Nc2ccccc2N2CCOCC2)OC1=Cc1c[nH]c2ncccc12. The first-order chi connectivity index (χ1) is 14.3. The quantitative estimate of drug-likeness (QED) is 0.668. The number of ketones is 1. The number of anilines is 2. The number of nitrogens with zero attached hydrogens (tertiary/aromatic N) is 2. The lowest BCUT2D eigenvalue weighted by Crippen LogP contribution is -2.36. The van der Waals surface area contributed by atoms with Crippen molar-refractivity contribution in [2.75, 3.05) is 36.5 Å². The zero-order valence-corrected chi connectivity index (χ0v) is 15.7. The van der Waals surface area contributed by atoms with E-state index in [1.165, 1.54) is 6.08 Å². The average Bonchev–Trinajstić information content (AvgIpc) is 3.32. The van der Waals surface area contributed by atoms with Crippen LogP contribution in [0.5, 0.6) is 0 Å². The molecule has 1 aromatic carbocycles. The smallest absolute Gasteiger partial charge is 0.226 e. The van der Waals surface area contributed by atoms with Crippen molar-refractivity contribution in [3.63, 3.8) is 0 Å². The van der Waals surface area contributed by atoms with E-state index in [4.69, 9.17) is 9.47 Å². The molecule has 29 heavy (non-hydrogen) atoms. The van der Waals surface area contributed by atoms with Gasteiger partial charge >= 0.3 is 0 Å². The number of benzene rings is 1. The minimum atomic E-state index is -0.172. The molecule has 0 unspecified atom stereocenters. The van der Waals surface area contributed by atoms with Crippen LogP contribution in [0.3, 0.4) is 0 Å². The molecule has 0 radical (unpaired) electrons. The van der Waals surface area contributed by atoms with E-state index >= 15 is 0 Å². The number of ether oxygens (including phenoxy) is 2. The van der Waals surface area contributed by atoms with Crippen LogP contribution in [0.4, 0.5) is 11.4 Å². The van der Waals surface area contributed by atoms with Crippen molar-refractivity contribution in [1.82, 2.24) is 9.97 Å². The van der Waals surface area contributed by atoms with Crippen LogP contribution in [-0.4, -0.2) is 42.1 Å². The van der Waals surface area contributed by atoms with Crippen LogP contribution < -0.4 is 10.2 Å². The van der Waals surface area contributed by atoms with Gasteiger partial charge in [0.15, 0.2) is 5.76 Å². The third-order valence-electron chi connectivity index (χ3n) is 5.01. The monoisotopic (exact) mass is 388 g/mol. The molecule has 146 valence electrons. The van der Waals surface area contributed by atoms with Crippen LogP contribution in [0.15, 0.2) is 66.5 Å². The Balaban J connectivity index is 1.37. The number of aromatic nitrogens is 2. The molecule has 2 aliphatic heterocycles. The standard InChI is InChI=1S/C22H20N4O3/c27-19-13-21(25-17-5-1-2-6-18(17)26-8-10-28-11-9-26)29-20(19)12-15-14-24-22-16(15)4-3-7-23-22/h1-7,12-14,25H,8-11H2,(H,23,24). The van der Waals surface area contributed by atoms with Crippen molar-refractivity contribution < 1.29 is 14.3 Å². The Hall–Kier alpha value is -3.58. The summed E-state index contributed by atoms with van der Waals surface area (Å²) in [6, 6.07) is 11.8. The highest BCUT2D eigenvalue weighted by Crippen LogP contribution is 2.30. The molecule has 0 bridgehead atoms. The number of carbonyl (C=O) groups excluding carboxylic acids is 1. The Morgan fingerprint density at radius 2 is 2.00 bits per heavy atom. The fourth-order valence-electron chi connectivity index (χ4n) is 3.58. The molecule has 1 fully saturated rings. The molecule has 2 N–H and O–H groups in total. The number of carbonyl (C=O) groups is 1. The summed E-state index contributed by atoms with van der Waals surface area (Å²) < 4.78 is 11.3. The van der Waals surface area contributed by atoms with E-state index in [1.54, 1.807) is 12.3 Å². The minimum absolute atomic E-state index is 0.172. The molecule has 2 aliphatic rings. The van der Waals surface area contributed by atoms with E-state index in [0.717, 1.165) is 41.1 Å². The molecule has 2 aromatic heterocycles. The predicted octanol–water partition coefficient (Wildman–Crippen LogP) is 3.29. The van der Waals surface area contributed by atoms with E-state index in [9.17, 15) is 4.79 Å². The largest absolute Gasteiger partial charge is 0.437 e. The third kappa shape index (κ3) is 3.48. The molecule has 0 spiro atoms. The summed E-state index contributed by atoms with van der Waals surface area (Å²) >= 11 is 0. The van der Waals surface area contributed by atoms with Gasteiger partial charge in [-0.3, -0.25) is 4.79 Å². The second-order valence-corrected chi connectivity index (χ2v) is 6.87. The van der Waals surface area contributed by atoms with Crippen molar-refractivity contribution in [2.45, 2.75) is 0 Å². The summed E-state index contributed by atoms with van der Waals surface area (Å²) in [6.07, 6.45) is 6.76. The molecule has 1 saturated heterocycles. The predicted molar refractivity (Wildman–Crippen MR) is 111 cm³/mol. The second kappa shape index (κ2) is 7.44. The van der Waals surface area contributed by atoms with E-state index < -0.39 is 0 Å². The van der Waals surface area contributed by atoms with Crippen LogP contribution in [0.2, 0.25) is 0 Å². The van der Waals surface area contributed by atoms with Crippen LogP contribution in [0, 0.1) is 0 Å². The number of morpholine rings is 1. The van der Waals surface area contributed by atoms with Crippen molar-refractivity contribution in [3.8, 4) is 0 Å². The van der Waals surface area contributed by atoms with Crippen molar-refractivity contribution >= 4 is 34.3 Å². The molecular formula is C22H20N4O3. The number of allylic oxidation sites excluding steroid dienone is 1. The fourth-order valence-corrected chi connectivity index (χ4v) is 3.58. The van der Waals surface area contributed by atoms with Gasteiger partial charge in [0.05, 0.1) is 30.7 Å². The third-order valence-corrected chi connectivity index (χ3v) is 5.01. The van der Waals surface area contributed by atoms with Gasteiger partial charge in [-0.15, -0.1) is 0 Å². The van der Waals surface area contributed by atoms with Gasteiger partial charge in [0.2, 0.25) is 11.7 Å². The maximum atomic E-state index is 12.5. The average molecular weight is 388 g/mol. The highest BCUT2D eigenvalue weighted by molar-refractivity contribution is 6.09. The molecular weight excluding hydrogens is 368 g/mol. The molecule has 0 aliphatic carbocycles. The fraction of sp³-hybridized carbons (Fsp3) is 0.182. The number of rotatable bonds is 4. The van der Waals surface area contributed by atoms with Gasteiger partial charge in [-0.1, -0.05) is 12.1 Å². The van der Waals surface area contributed by atoms with Crippen LogP contribution in [-0.2, 0) is 14.3 Å². The number of H-pyrrole nitrogens is 1. The minimum Gasteiger partial charge on any atom is -0.437 e. The van der Waals surface area contributed by atoms with Gasteiger partial charge in [0, 0.05) is 36.4 Å². The molecule has 3 aromatic rings. The zero-order chi connectivity index (χ0) is 19.6. The van der Waals surface area contributed by atoms with Crippen molar-refractivity contribution in [3.05, 3.63) is 72.1 Å². The summed E-state index contributed by atoms with van der Waals surface area (Å²) in [7, 11) is 0. The Bertz CT molecular complexity index is 1130. The van der Waals surface area contributed by atoms with E-state index in [2.05, 4.69) is 26.3 Å². The number of para-hydroxylation sites is 2. The summed E-state index contributed by atoms with van der Waals surface area (Å²) in [5.74, 6) is 0.524. The second-order valence-electron chi connectivity index (χ2n) is 6.87. The van der Waals surface area contributed by atoms with Crippen molar-refractivity contribution in [2.24, 2.45) is 0 Å². The summed E-state index contributed by atoms with van der Waals surface area (Å²) in [5.41, 5.74) is 3.59. The van der Waals surface area contributed by atoms with Crippen LogP contribution in [0.25, 0.3) is 17.1 Å². The maximum absolute atomic E-state index is 12.5. The molecule has 5 rings (SSSR count). The zero-order valence-electron chi connectivity index (χ0n) is 15.7. The molecule has 0 saturated carbocycles. The molecule has 7 nitrogen and oxygen atoms in total. The number of fused-ring (bicyclic) bond motifs is 1. The number of pyridine rings is 1. The topological polar surface area (TPSA) is 79.5 Å². The van der Waals surface area contributed by atoms with Gasteiger partial charge in [-0.05, 0) is 30.3 Å². The number of nitrogens with one attached hydrogen (secondary N) is 2. The lowest BCUT2D eigenvalue weighted by molar-refractivity contribution is -0.112. The van der Waals surface area contributed by atoms with Gasteiger partial charge in [0.25, 0.3) is 0 Å². The summed E-state index contributed by atoms with van der Waals surface area (Å²) in [5, 5.41) is 4.20. The van der Waals surface area contributed by atoms with Gasteiger partial charge < -0.3 is 24.7 Å². The van der Waals surface area contributed by atoms with Gasteiger partial charge in [0.1, 0.15) is 5.65 Å². The summed E-state index contributed by atoms with van der Waals surface area (Å²) in [6.45, 7) is 3.07. The van der Waals surface area contributed by atoms with Gasteiger partial charge in [-0.2, -0.15) is 0 Å². The van der Waals surface area contributed by atoms with Crippen molar-refractivity contribution in [1.29, 1.82) is 0 Å². The van der Waals surface area contributed by atoms with Gasteiger partial charge in [-0.25, -0.2) is 4.98 Å². The molecule has 4 heterocycles. The first-order valence-corrected chi connectivity index (χ1v) is 9.54. The summed E-state index contributed by atoms with van der Waals surface area (Å²) in [4.78, 5) is 22.1. The lowest BCUT2D eigenvalue weighted by Gasteiger charge is -2.30. The van der Waals surface area contributed by atoms with Crippen LogP contribution in [0.1, 0.15) is 5.56 Å². The normalized spacial score (nSPS) is 18.2. The number of hydrogen-bond donors (Lipinski definition) is 2. The number of hydrogen-bond acceptors (Lipinski definition) is 6.